The van der Waals surface area contributed by atoms with Crippen LogP contribution in [0.15, 0.2) is 4.99 Å². The highest BCUT2D eigenvalue weighted by atomic mass is 79.9. The van der Waals surface area contributed by atoms with Crippen molar-refractivity contribution >= 4 is 22.1 Å². The van der Waals surface area contributed by atoms with Gasteiger partial charge in [0.15, 0.2) is 0 Å². The molecule has 1 saturated carbocycles. The number of aliphatic imine (C=N–C) groups is 1. The molecule has 0 aromatic carbocycles. The van der Waals surface area contributed by atoms with Gasteiger partial charge in [0, 0.05) is 17.6 Å². The van der Waals surface area contributed by atoms with Gasteiger partial charge in [0.2, 0.25) is 0 Å². The Labute approximate surface area is 107 Å². The van der Waals surface area contributed by atoms with E-state index < -0.39 is 0 Å². The number of fused-ring (bicyclic) bond motifs is 3. The summed E-state index contributed by atoms with van der Waals surface area (Å²) in [5, 5.41) is 1.07. The summed E-state index contributed by atoms with van der Waals surface area (Å²) in [5.74, 6) is 3.50. The Kier molecular flexibility index (Phi) is 3.75. The second-order valence-electron chi connectivity index (χ2n) is 5.80. The van der Waals surface area contributed by atoms with Crippen LogP contribution in [0.3, 0.4) is 0 Å². The highest BCUT2D eigenvalue weighted by Gasteiger charge is 2.52. The van der Waals surface area contributed by atoms with E-state index in [1.807, 2.05) is 0 Å². The van der Waals surface area contributed by atoms with Gasteiger partial charge in [-0.25, -0.2) is 0 Å². The number of nitrogens with two attached hydrogens (primary N) is 1. The van der Waals surface area contributed by atoms with E-state index in [9.17, 15) is 0 Å². The largest absolute Gasteiger partial charge is 0.327 e. The fourth-order valence-electron chi connectivity index (χ4n) is 3.85. The first-order valence-corrected chi connectivity index (χ1v) is 7.53. The Hall–Kier alpha value is 0.110. The molecular formula is C13H23BrN2. The lowest BCUT2D eigenvalue weighted by Gasteiger charge is -2.55. The third-order valence-corrected chi connectivity index (χ3v) is 5.37. The molecule has 2 bridgehead atoms. The highest BCUT2D eigenvalue weighted by Crippen LogP contribution is 2.51. The van der Waals surface area contributed by atoms with Crippen molar-refractivity contribution in [3.8, 4) is 0 Å². The molecule has 1 fully saturated rings. The van der Waals surface area contributed by atoms with Crippen molar-refractivity contribution in [2.45, 2.75) is 39.3 Å². The van der Waals surface area contributed by atoms with Crippen molar-refractivity contribution in [1.82, 2.24) is 0 Å². The van der Waals surface area contributed by atoms with Crippen LogP contribution in [0.2, 0.25) is 0 Å². The van der Waals surface area contributed by atoms with Crippen molar-refractivity contribution in [2.24, 2.45) is 40.3 Å². The summed E-state index contributed by atoms with van der Waals surface area (Å²) in [7, 11) is 0. The van der Waals surface area contributed by atoms with Crippen molar-refractivity contribution in [2.75, 3.05) is 5.33 Å². The van der Waals surface area contributed by atoms with Gasteiger partial charge in [-0.2, -0.15) is 0 Å². The second-order valence-corrected chi connectivity index (χ2v) is 6.45. The van der Waals surface area contributed by atoms with Crippen LogP contribution < -0.4 is 5.73 Å². The summed E-state index contributed by atoms with van der Waals surface area (Å²) in [6.45, 7) is 6.97. The van der Waals surface area contributed by atoms with Crippen molar-refractivity contribution < 1.29 is 0 Å². The maximum absolute atomic E-state index is 6.34. The van der Waals surface area contributed by atoms with E-state index in [0.717, 1.165) is 17.7 Å². The van der Waals surface area contributed by atoms with Gasteiger partial charge in [-0.15, -0.1) is 0 Å². The fourth-order valence-corrected chi connectivity index (χ4v) is 4.67. The molecule has 3 aliphatic rings. The standard InChI is InChI=1S/C13H23BrN2/c1-7(2)11-10(15)4-5-16-13-8(3)12(11)9(13)6-14/h5,7-13H,4,6,15H2,1-3H3/b16-5-. The molecule has 6 unspecified atom stereocenters. The van der Waals surface area contributed by atoms with E-state index in [1.54, 1.807) is 0 Å². The van der Waals surface area contributed by atoms with Crippen LogP contribution in [0.4, 0.5) is 0 Å². The van der Waals surface area contributed by atoms with Gasteiger partial charge < -0.3 is 5.73 Å². The summed E-state index contributed by atoms with van der Waals surface area (Å²) in [4.78, 5) is 4.69. The summed E-state index contributed by atoms with van der Waals surface area (Å²) < 4.78 is 0. The Morgan fingerprint density at radius 1 is 1.50 bits per heavy atom. The van der Waals surface area contributed by atoms with Crippen molar-refractivity contribution in [3.05, 3.63) is 0 Å². The monoisotopic (exact) mass is 286 g/mol. The molecule has 0 radical (unpaired) electrons. The number of alkyl halides is 1. The van der Waals surface area contributed by atoms with Gasteiger partial charge in [0.1, 0.15) is 0 Å². The Morgan fingerprint density at radius 2 is 2.19 bits per heavy atom. The molecule has 3 heteroatoms. The van der Waals surface area contributed by atoms with E-state index in [4.69, 9.17) is 10.7 Å². The van der Waals surface area contributed by atoms with Crippen molar-refractivity contribution in [1.29, 1.82) is 0 Å². The average Bonchev–Trinajstić information content (AvgIpc) is 2.21. The lowest BCUT2D eigenvalue weighted by molar-refractivity contribution is -0.0135. The summed E-state index contributed by atoms with van der Waals surface area (Å²) in [6.07, 6.45) is 3.03. The first kappa shape index (κ1) is 12.6. The van der Waals surface area contributed by atoms with Gasteiger partial charge in [-0.05, 0) is 36.0 Å². The SMILES string of the molecule is CC(C)C1C(N)C/C=N\C2C(C)C1C2CBr. The predicted molar refractivity (Wildman–Crippen MR) is 73.1 cm³/mol. The van der Waals surface area contributed by atoms with Crippen LogP contribution >= 0.6 is 15.9 Å². The quantitative estimate of drug-likeness (QED) is 0.779. The minimum absolute atomic E-state index is 0.291. The molecular weight excluding hydrogens is 264 g/mol. The molecule has 0 saturated heterocycles. The number of nitrogens with zero attached hydrogens (tertiary/aromatic N) is 1. The van der Waals surface area contributed by atoms with Gasteiger partial charge in [0.05, 0.1) is 6.04 Å². The smallest absolute Gasteiger partial charge is 0.0563 e. The van der Waals surface area contributed by atoms with Gasteiger partial charge in [-0.3, -0.25) is 4.99 Å². The maximum atomic E-state index is 6.34. The third-order valence-electron chi connectivity index (χ3n) is 4.62. The van der Waals surface area contributed by atoms with Crippen LogP contribution in [0.1, 0.15) is 27.2 Å². The van der Waals surface area contributed by atoms with Crippen LogP contribution in [-0.2, 0) is 0 Å². The fraction of sp³-hybridized carbons (Fsp3) is 0.923. The van der Waals surface area contributed by atoms with Gasteiger partial charge in [0.25, 0.3) is 0 Å². The molecule has 92 valence electrons. The topological polar surface area (TPSA) is 38.4 Å². The lowest BCUT2D eigenvalue weighted by Crippen LogP contribution is -2.58. The van der Waals surface area contributed by atoms with E-state index in [1.165, 1.54) is 0 Å². The van der Waals surface area contributed by atoms with E-state index in [-0.39, 0.29) is 0 Å². The van der Waals surface area contributed by atoms with E-state index in [0.29, 0.717) is 35.8 Å². The number of rotatable bonds is 2. The minimum atomic E-state index is 0.291. The summed E-state index contributed by atoms with van der Waals surface area (Å²) in [6, 6.07) is 0.831. The summed E-state index contributed by atoms with van der Waals surface area (Å²) in [5.41, 5.74) is 6.34. The zero-order valence-electron chi connectivity index (χ0n) is 10.4. The molecule has 2 nitrogen and oxygen atoms in total. The first-order valence-electron chi connectivity index (χ1n) is 6.41. The predicted octanol–water partition coefficient (Wildman–Crippen LogP) is 2.71. The minimum Gasteiger partial charge on any atom is -0.327 e. The maximum Gasteiger partial charge on any atom is 0.0563 e. The average molecular weight is 287 g/mol. The molecule has 0 aromatic heterocycles. The molecule has 0 aromatic rings. The molecule has 3 rings (SSSR count). The van der Waals surface area contributed by atoms with Crippen LogP contribution in [-0.4, -0.2) is 23.6 Å². The second kappa shape index (κ2) is 4.77. The zero-order chi connectivity index (χ0) is 11.9. The van der Waals surface area contributed by atoms with E-state index >= 15 is 0 Å². The van der Waals surface area contributed by atoms with Crippen LogP contribution in [0.5, 0.6) is 0 Å². The summed E-state index contributed by atoms with van der Waals surface area (Å²) >= 11 is 3.65. The molecule has 0 spiro atoms. The Morgan fingerprint density at radius 3 is 2.75 bits per heavy atom. The molecule has 1 aliphatic carbocycles. The van der Waals surface area contributed by atoms with Gasteiger partial charge in [-0.1, -0.05) is 36.7 Å². The molecule has 2 N–H and O–H groups in total. The molecule has 6 atom stereocenters. The number of hydrogen-bond donors (Lipinski definition) is 1. The van der Waals surface area contributed by atoms with Crippen molar-refractivity contribution in [3.63, 3.8) is 0 Å². The third kappa shape index (κ3) is 1.86. The van der Waals surface area contributed by atoms with Crippen LogP contribution in [0.25, 0.3) is 0 Å². The van der Waals surface area contributed by atoms with E-state index in [2.05, 4.69) is 42.9 Å². The highest BCUT2D eigenvalue weighted by molar-refractivity contribution is 9.09. The molecule has 16 heavy (non-hydrogen) atoms. The van der Waals surface area contributed by atoms with Crippen LogP contribution in [0, 0.1) is 29.6 Å². The normalized spacial score (nSPS) is 49.4. The first-order chi connectivity index (χ1) is 7.57. The number of hydrogen-bond acceptors (Lipinski definition) is 2. The molecule has 0 amide bonds. The molecule has 2 heterocycles. The Bertz CT molecular complexity index is 277. The molecule has 2 aliphatic heterocycles. The number of halogens is 1. The Balaban J connectivity index is 2.27. The zero-order valence-corrected chi connectivity index (χ0v) is 12.0. The van der Waals surface area contributed by atoms with Gasteiger partial charge >= 0.3 is 0 Å². The lowest BCUT2D eigenvalue weighted by atomic mass is 9.53.